The van der Waals surface area contributed by atoms with Crippen molar-refractivity contribution in [3.05, 3.63) is 20.8 Å². The van der Waals surface area contributed by atoms with Gasteiger partial charge in [-0.2, -0.15) is 0 Å². The fraction of sp³-hybridized carbons (Fsp3) is 0.667. The lowest BCUT2D eigenvalue weighted by atomic mass is 10.2. The summed E-state index contributed by atoms with van der Waals surface area (Å²) in [7, 11) is -0.688. The third kappa shape index (κ3) is 5.15. The molecule has 0 amide bonds. The molecule has 1 N–H and O–H groups in total. The van der Waals surface area contributed by atoms with Crippen molar-refractivity contribution in [3.8, 4) is 0 Å². The number of hydrogen-bond donors (Lipinski definition) is 1. The Morgan fingerprint density at radius 3 is 2.95 bits per heavy atom. The molecule has 0 radical (unpaired) electrons. The van der Waals surface area contributed by atoms with E-state index in [0.717, 1.165) is 30.5 Å². The molecule has 2 heterocycles. The molecule has 1 unspecified atom stereocenters. The van der Waals surface area contributed by atoms with Crippen molar-refractivity contribution >= 4 is 37.1 Å². The lowest BCUT2D eigenvalue weighted by molar-refractivity contribution is 0.321. The minimum Gasteiger partial charge on any atom is -0.312 e. The molecule has 1 aromatic heterocycles. The molecule has 7 heteroatoms. The first-order valence-corrected chi connectivity index (χ1v) is 9.79. The third-order valence-electron chi connectivity index (χ3n) is 3.21. The first-order valence-electron chi connectivity index (χ1n) is 6.30. The van der Waals surface area contributed by atoms with Gasteiger partial charge >= 0.3 is 0 Å². The third-order valence-corrected chi connectivity index (χ3v) is 6.66. The normalized spacial score (nSPS) is 22.2. The Hall–Kier alpha value is 0.0500. The van der Waals surface area contributed by atoms with Gasteiger partial charge in [0.25, 0.3) is 0 Å². The van der Waals surface area contributed by atoms with Crippen molar-refractivity contribution in [1.29, 1.82) is 0 Å². The van der Waals surface area contributed by atoms with E-state index >= 15 is 0 Å². The van der Waals surface area contributed by atoms with Gasteiger partial charge in [0.15, 0.2) is 9.84 Å². The van der Waals surface area contributed by atoms with E-state index in [4.69, 9.17) is 0 Å². The average Bonchev–Trinajstić information content (AvgIpc) is 2.85. The van der Waals surface area contributed by atoms with Crippen LogP contribution >= 0.6 is 27.3 Å². The van der Waals surface area contributed by atoms with Crippen LogP contribution in [0.15, 0.2) is 15.9 Å². The molecule has 1 aliphatic rings. The molecule has 0 spiro atoms. The summed E-state index contributed by atoms with van der Waals surface area (Å²) < 4.78 is 23.8. The number of nitrogens with zero attached hydrogens (tertiary/aromatic N) is 1. The SMILES string of the molecule is CN(CCNC1CCS(=O)(=O)C1)Cc1cc(Br)cs1. The number of sulfone groups is 1. The molecular weight excluding hydrogens is 348 g/mol. The molecule has 0 bridgehead atoms. The number of likely N-dealkylation sites (N-methyl/N-ethyl adjacent to an activating group) is 1. The lowest BCUT2D eigenvalue weighted by Gasteiger charge is -2.17. The standard InChI is InChI=1S/C12H19BrN2O2S2/c1-15(7-12-6-10(13)8-18-12)4-3-14-11-2-5-19(16,17)9-11/h6,8,11,14H,2-5,7,9H2,1H3. The minimum absolute atomic E-state index is 0.147. The summed E-state index contributed by atoms with van der Waals surface area (Å²) in [6.45, 7) is 2.69. The molecule has 1 fully saturated rings. The lowest BCUT2D eigenvalue weighted by Crippen LogP contribution is -2.36. The van der Waals surface area contributed by atoms with Crippen LogP contribution in [0.2, 0.25) is 0 Å². The van der Waals surface area contributed by atoms with Crippen LogP contribution < -0.4 is 5.32 Å². The van der Waals surface area contributed by atoms with E-state index in [9.17, 15) is 8.42 Å². The second-order valence-corrected chi connectivity index (χ2v) is 9.16. The smallest absolute Gasteiger partial charge is 0.151 e. The van der Waals surface area contributed by atoms with Crippen LogP contribution in [0.1, 0.15) is 11.3 Å². The van der Waals surface area contributed by atoms with Crippen molar-refractivity contribution < 1.29 is 8.42 Å². The highest BCUT2D eigenvalue weighted by Crippen LogP contribution is 2.20. The van der Waals surface area contributed by atoms with Crippen molar-refractivity contribution in [1.82, 2.24) is 10.2 Å². The van der Waals surface area contributed by atoms with Crippen LogP contribution in [0.5, 0.6) is 0 Å². The molecule has 0 saturated carbocycles. The number of nitrogens with one attached hydrogen (secondary N) is 1. The molecule has 0 aliphatic carbocycles. The fourth-order valence-corrected chi connectivity index (χ4v) is 5.44. The molecule has 1 saturated heterocycles. The van der Waals surface area contributed by atoms with Crippen LogP contribution in [-0.2, 0) is 16.4 Å². The van der Waals surface area contributed by atoms with Gasteiger partial charge in [-0.3, -0.25) is 0 Å². The molecule has 0 aromatic carbocycles. The minimum atomic E-state index is -2.77. The predicted molar refractivity (Wildman–Crippen MR) is 83.4 cm³/mol. The van der Waals surface area contributed by atoms with E-state index in [0.29, 0.717) is 11.5 Å². The van der Waals surface area contributed by atoms with E-state index in [1.165, 1.54) is 4.88 Å². The van der Waals surface area contributed by atoms with Gasteiger partial charge in [0.2, 0.25) is 0 Å². The molecular formula is C12H19BrN2O2S2. The van der Waals surface area contributed by atoms with E-state index < -0.39 is 9.84 Å². The molecule has 2 rings (SSSR count). The first-order chi connectivity index (χ1) is 8.94. The molecule has 1 aliphatic heterocycles. The fourth-order valence-electron chi connectivity index (χ4n) is 2.20. The van der Waals surface area contributed by atoms with Gasteiger partial charge in [0, 0.05) is 40.4 Å². The van der Waals surface area contributed by atoms with E-state index in [1.807, 2.05) is 0 Å². The maximum Gasteiger partial charge on any atom is 0.151 e. The second kappa shape index (κ2) is 6.67. The Bertz CT molecular complexity index is 516. The molecule has 108 valence electrons. The average molecular weight is 367 g/mol. The Labute approximate surface area is 127 Å². The summed E-state index contributed by atoms with van der Waals surface area (Å²) in [4.78, 5) is 3.58. The number of rotatable bonds is 6. The number of hydrogen-bond acceptors (Lipinski definition) is 5. The Morgan fingerprint density at radius 1 is 1.58 bits per heavy atom. The van der Waals surface area contributed by atoms with Crippen LogP contribution in [-0.4, -0.2) is 51.0 Å². The topological polar surface area (TPSA) is 49.4 Å². The van der Waals surface area contributed by atoms with Crippen molar-refractivity contribution in [2.45, 2.75) is 19.0 Å². The monoisotopic (exact) mass is 366 g/mol. The van der Waals surface area contributed by atoms with Gasteiger partial charge in [-0.25, -0.2) is 8.42 Å². The highest BCUT2D eigenvalue weighted by molar-refractivity contribution is 9.10. The summed E-state index contributed by atoms with van der Waals surface area (Å²) in [5.41, 5.74) is 0. The number of halogens is 1. The highest BCUT2D eigenvalue weighted by atomic mass is 79.9. The van der Waals surface area contributed by atoms with Crippen molar-refractivity contribution in [2.75, 3.05) is 31.6 Å². The Morgan fingerprint density at radius 2 is 2.37 bits per heavy atom. The van der Waals surface area contributed by atoms with Gasteiger partial charge in [-0.05, 0) is 35.5 Å². The summed E-state index contributed by atoms with van der Waals surface area (Å²) >= 11 is 5.20. The maximum absolute atomic E-state index is 11.3. The van der Waals surface area contributed by atoms with Gasteiger partial charge in [-0.15, -0.1) is 11.3 Å². The molecule has 4 nitrogen and oxygen atoms in total. The van der Waals surface area contributed by atoms with E-state index in [1.54, 1.807) is 11.3 Å². The van der Waals surface area contributed by atoms with Gasteiger partial charge < -0.3 is 10.2 Å². The second-order valence-electron chi connectivity index (χ2n) is 5.02. The Kier molecular flexibility index (Phi) is 5.42. The van der Waals surface area contributed by atoms with Gasteiger partial charge in [0.1, 0.15) is 0 Å². The van der Waals surface area contributed by atoms with Crippen LogP contribution in [0.4, 0.5) is 0 Å². The summed E-state index contributed by atoms with van der Waals surface area (Å²) in [6, 6.07) is 2.28. The zero-order valence-electron chi connectivity index (χ0n) is 10.9. The summed E-state index contributed by atoms with van der Waals surface area (Å²) in [5, 5.41) is 5.42. The predicted octanol–water partition coefficient (Wildman–Crippen LogP) is 1.72. The summed E-state index contributed by atoms with van der Waals surface area (Å²) in [5.74, 6) is 0.637. The molecule has 1 atom stereocenters. The molecule has 1 aromatic rings. The van der Waals surface area contributed by atoms with Crippen LogP contribution in [0, 0.1) is 0 Å². The maximum atomic E-state index is 11.3. The highest BCUT2D eigenvalue weighted by Gasteiger charge is 2.27. The summed E-state index contributed by atoms with van der Waals surface area (Å²) in [6.07, 6.45) is 0.754. The van der Waals surface area contributed by atoms with Gasteiger partial charge in [0.05, 0.1) is 11.5 Å². The number of thiophene rings is 1. The zero-order valence-corrected chi connectivity index (χ0v) is 14.2. The van der Waals surface area contributed by atoms with E-state index in [2.05, 4.69) is 44.6 Å². The first kappa shape index (κ1) is 15.4. The van der Waals surface area contributed by atoms with Gasteiger partial charge in [-0.1, -0.05) is 0 Å². The van der Waals surface area contributed by atoms with Crippen LogP contribution in [0.25, 0.3) is 0 Å². The van der Waals surface area contributed by atoms with Crippen molar-refractivity contribution in [3.63, 3.8) is 0 Å². The van der Waals surface area contributed by atoms with E-state index in [-0.39, 0.29) is 6.04 Å². The zero-order chi connectivity index (χ0) is 13.9. The van der Waals surface area contributed by atoms with Crippen LogP contribution in [0.3, 0.4) is 0 Å². The molecule has 19 heavy (non-hydrogen) atoms. The quantitative estimate of drug-likeness (QED) is 0.832. The van der Waals surface area contributed by atoms with Crippen molar-refractivity contribution in [2.24, 2.45) is 0 Å². The largest absolute Gasteiger partial charge is 0.312 e. The Balaban J connectivity index is 1.66.